The Labute approximate surface area is 122 Å². The smallest absolute Gasteiger partial charge is 0.170 e. The third-order valence-electron chi connectivity index (χ3n) is 3.76. The van der Waals surface area contributed by atoms with Crippen LogP contribution in [0.1, 0.15) is 29.4 Å². The van der Waals surface area contributed by atoms with Gasteiger partial charge in [0, 0.05) is 5.39 Å². The second-order valence-electron chi connectivity index (χ2n) is 5.72. The monoisotopic (exact) mass is 284 g/mol. The maximum Gasteiger partial charge on any atom is 0.170 e. The fraction of sp³-hybridized carbons (Fsp3) is 0.222. The number of hydrogen-bond acceptors (Lipinski definition) is 2. The van der Waals surface area contributed by atoms with E-state index in [0.29, 0.717) is 11.1 Å². The summed E-state index contributed by atoms with van der Waals surface area (Å²) in [6, 6.07) is 12.3. The molecule has 21 heavy (non-hydrogen) atoms. The van der Waals surface area contributed by atoms with Crippen LogP contribution in [0.5, 0.6) is 0 Å². The summed E-state index contributed by atoms with van der Waals surface area (Å²) in [5, 5.41) is 11.5. The van der Waals surface area contributed by atoms with Crippen molar-refractivity contribution in [3.8, 4) is 0 Å². The number of fused-ring (bicyclic) bond motifs is 1. The Morgan fingerprint density at radius 1 is 1.05 bits per heavy atom. The predicted molar refractivity (Wildman–Crippen MR) is 80.8 cm³/mol. The van der Waals surface area contributed by atoms with Gasteiger partial charge in [-0.1, -0.05) is 41.5 Å². The molecule has 3 rings (SSSR count). The molecule has 2 nitrogen and oxygen atoms in total. The van der Waals surface area contributed by atoms with Crippen molar-refractivity contribution in [2.75, 3.05) is 0 Å². The molecule has 0 bridgehead atoms. The molecule has 0 aliphatic carbocycles. The molecule has 0 radical (unpaired) electrons. The highest BCUT2D eigenvalue weighted by atomic mass is 19.1. The van der Waals surface area contributed by atoms with Gasteiger partial charge in [-0.25, -0.2) is 4.39 Å². The van der Waals surface area contributed by atoms with Crippen molar-refractivity contribution >= 4 is 11.0 Å². The molecule has 2 aromatic carbocycles. The van der Waals surface area contributed by atoms with Crippen LogP contribution in [-0.2, 0) is 5.60 Å². The number of aliphatic hydroxyl groups is 1. The second kappa shape index (κ2) is 4.71. The molecule has 108 valence electrons. The summed E-state index contributed by atoms with van der Waals surface area (Å²) in [5.41, 5.74) is 1.74. The van der Waals surface area contributed by atoms with E-state index in [1.807, 2.05) is 32.0 Å². The first kappa shape index (κ1) is 13.8. The largest absolute Gasteiger partial charge is 0.455 e. The molecular weight excluding hydrogens is 267 g/mol. The molecule has 1 N–H and O–H groups in total. The maximum absolute atomic E-state index is 13.7. The maximum atomic E-state index is 13.7. The van der Waals surface area contributed by atoms with E-state index in [2.05, 4.69) is 0 Å². The van der Waals surface area contributed by atoms with Crippen LogP contribution in [-0.4, -0.2) is 5.11 Å². The summed E-state index contributed by atoms with van der Waals surface area (Å²) in [7, 11) is 0. The first-order valence-corrected chi connectivity index (χ1v) is 6.87. The van der Waals surface area contributed by atoms with Gasteiger partial charge < -0.3 is 9.52 Å². The number of rotatable bonds is 2. The van der Waals surface area contributed by atoms with Crippen molar-refractivity contribution in [1.29, 1.82) is 0 Å². The van der Waals surface area contributed by atoms with Crippen LogP contribution in [0.15, 0.2) is 46.9 Å². The molecule has 0 saturated heterocycles. The van der Waals surface area contributed by atoms with Gasteiger partial charge >= 0.3 is 0 Å². The van der Waals surface area contributed by atoms with Gasteiger partial charge in [0.25, 0.3) is 0 Å². The van der Waals surface area contributed by atoms with Crippen molar-refractivity contribution in [1.82, 2.24) is 0 Å². The fourth-order valence-electron chi connectivity index (χ4n) is 2.67. The topological polar surface area (TPSA) is 33.4 Å². The normalized spacial score (nSPS) is 14.3. The second-order valence-corrected chi connectivity index (χ2v) is 5.72. The van der Waals surface area contributed by atoms with Gasteiger partial charge in [0.05, 0.1) is 0 Å². The lowest BCUT2D eigenvalue weighted by Crippen LogP contribution is -2.22. The zero-order valence-electron chi connectivity index (χ0n) is 12.3. The summed E-state index contributed by atoms with van der Waals surface area (Å²) in [6.07, 6.45) is 0. The zero-order valence-corrected chi connectivity index (χ0v) is 12.3. The Morgan fingerprint density at radius 2 is 1.71 bits per heavy atom. The third kappa shape index (κ3) is 2.34. The van der Waals surface area contributed by atoms with Crippen LogP contribution in [0.2, 0.25) is 0 Å². The average molecular weight is 284 g/mol. The summed E-state index contributed by atoms with van der Waals surface area (Å²) >= 11 is 0. The number of hydrogen-bond donors (Lipinski definition) is 1. The van der Waals surface area contributed by atoms with Crippen LogP contribution in [0.3, 0.4) is 0 Å². The van der Waals surface area contributed by atoms with E-state index in [9.17, 15) is 9.50 Å². The molecule has 0 fully saturated rings. The highest BCUT2D eigenvalue weighted by Gasteiger charge is 2.30. The molecule has 3 heteroatoms. The van der Waals surface area contributed by atoms with E-state index < -0.39 is 11.4 Å². The van der Waals surface area contributed by atoms with Gasteiger partial charge in [0.1, 0.15) is 11.4 Å². The lowest BCUT2D eigenvalue weighted by atomic mass is 9.90. The molecule has 1 atom stereocenters. The van der Waals surface area contributed by atoms with E-state index in [1.165, 1.54) is 6.07 Å². The zero-order chi connectivity index (χ0) is 15.2. The van der Waals surface area contributed by atoms with Crippen LogP contribution >= 0.6 is 0 Å². The Bertz CT molecular complexity index is 795. The van der Waals surface area contributed by atoms with Crippen LogP contribution in [0, 0.1) is 19.7 Å². The van der Waals surface area contributed by atoms with Crippen LogP contribution in [0.25, 0.3) is 11.0 Å². The molecule has 3 aromatic rings. The van der Waals surface area contributed by atoms with Crippen LogP contribution in [0.4, 0.5) is 4.39 Å². The molecule has 1 unspecified atom stereocenters. The lowest BCUT2D eigenvalue weighted by molar-refractivity contribution is 0.0783. The van der Waals surface area contributed by atoms with E-state index in [1.54, 1.807) is 25.1 Å². The SMILES string of the molecule is Cc1cc(C)cc(C(C)(O)c2cc3cccc(F)c3o2)c1. The predicted octanol–water partition coefficient (Wildman–Crippen LogP) is 4.44. The number of para-hydroxylation sites is 1. The van der Waals surface area contributed by atoms with E-state index in [-0.39, 0.29) is 5.58 Å². The minimum absolute atomic E-state index is 0.178. The summed E-state index contributed by atoms with van der Waals surface area (Å²) in [4.78, 5) is 0. The molecule has 1 aromatic heterocycles. The van der Waals surface area contributed by atoms with E-state index in [4.69, 9.17) is 4.42 Å². The number of halogens is 1. The molecule has 0 aliphatic heterocycles. The summed E-state index contributed by atoms with van der Waals surface area (Å²) in [6.45, 7) is 5.62. The Hall–Kier alpha value is -2.13. The van der Waals surface area contributed by atoms with Gasteiger partial charge in [-0.3, -0.25) is 0 Å². The van der Waals surface area contributed by atoms with Gasteiger partial charge in [0.15, 0.2) is 11.4 Å². The Morgan fingerprint density at radius 3 is 2.33 bits per heavy atom. The fourth-order valence-corrected chi connectivity index (χ4v) is 2.67. The minimum Gasteiger partial charge on any atom is -0.455 e. The van der Waals surface area contributed by atoms with Crippen LogP contribution < -0.4 is 0 Å². The lowest BCUT2D eigenvalue weighted by Gasteiger charge is -2.22. The Kier molecular flexibility index (Phi) is 3.10. The molecule has 0 spiro atoms. The summed E-state index contributed by atoms with van der Waals surface area (Å²) < 4.78 is 19.3. The van der Waals surface area contributed by atoms with Gasteiger partial charge in [0.2, 0.25) is 0 Å². The number of furan rings is 1. The van der Waals surface area contributed by atoms with E-state index >= 15 is 0 Å². The Balaban J connectivity index is 2.17. The van der Waals surface area contributed by atoms with Crippen molar-refractivity contribution in [3.05, 3.63) is 70.7 Å². The third-order valence-corrected chi connectivity index (χ3v) is 3.76. The molecule has 0 aliphatic rings. The average Bonchev–Trinajstić information content (AvgIpc) is 2.83. The number of aryl methyl sites for hydroxylation is 2. The first-order chi connectivity index (χ1) is 9.88. The van der Waals surface area contributed by atoms with Crippen molar-refractivity contribution in [3.63, 3.8) is 0 Å². The highest BCUT2D eigenvalue weighted by molar-refractivity contribution is 5.78. The highest BCUT2D eigenvalue weighted by Crippen LogP contribution is 2.34. The summed E-state index contributed by atoms with van der Waals surface area (Å²) in [5.74, 6) is -0.0810. The first-order valence-electron chi connectivity index (χ1n) is 6.87. The molecular formula is C18H17FO2. The van der Waals surface area contributed by atoms with Gasteiger partial charge in [-0.15, -0.1) is 0 Å². The minimum atomic E-state index is -1.30. The molecule has 1 heterocycles. The quantitative estimate of drug-likeness (QED) is 0.754. The standard InChI is InChI=1S/C18H17FO2/c1-11-7-12(2)9-14(8-11)18(3,20)16-10-13-5-4-6-15(19)17(13)21-16/h4-10,20H,1-3H3. The van der Waals surface area contributed by atoms with Crippen molar-refractivity contribution < 1.29 is 13.9 Å². The molecule has 0 amide bonds. The van der Waals surface area contributed by atoms with Gasteiger partial charge in [-0.2, -0.15) is 0 Å². The molecule has 0 saturated carbocycles. The van der Waals surface area contributed by atoms with Crippen molar-refractivity contribution in [2.24, 2.45) is 0 Å². The van der Waals surface area contributed by atoms with E-state index in [0.717, 1.165) is 16.7 Å². The van der Waals surface area contributed by atoms with Gasteiger partial charge in [-0.05, 0) is 38.5 Å². The van der Waals surface area contributed by atoms with Crippen molar-refractivity contribution in [2.45, 2.75) is 26.4 Å². The number of benzene rings is 2.